The van der Waals surface area contributed by atoms with Crippen molar-refractivity contribution < 1.29 is 23.8 Å². The molecule has 0 radical (unpaired) electrons. The van der Waals surface area contributed by atoms with Gasteiger partial charge in [-0.1, -0.05) is 30.3 Å². The normalized spacial score (nSPS) is 10.6. The fourth-order valence-corrected chi connectivity index (χ4v) is 4.04. The van der Waals surface area contributed by atoms with Crippen LogP contribution in [0.5, 0.6) is 17.2 Å². The van der Waals surface area contributed by atoms with Crippen molar-refractivity contribution in [1.29, 1.82) is 0 Å². The Balaban J connectivity index is 1.66. The molecule has 0 aliphatic heterocycles. The lowest BCUT2D eigenvalue weighted by Gasteiger charge is -2.15. The van der Waals surface area contributed by atoms with Crippen molar-refractivity contribution in [1.82, 2.24) is 10.3 Å². The zero-order chi connectivity index (χ0) is 25.7. The average molecular weight is 486 g/mol. The third-order valence-electron chi connectivity index (χ3n) is 5.83. The second-order valence-corrected chi connectivity index (χ2v) is 8.06. The van der Waals surface area contributed by atoms with E-state index >= 15 is 0 Å². The van der Waals surface area contributed by atoms with E-state index in [1.807, 2.05) is 30.3 Å². The van der Waals surface area contributed by atoms with Crippen LogP contribution in [0.25, 0.3) is 22.2 Å². The van der Waals surface area contributed by atoms with Crippen LogP contribution in [0, 0.1) is 0 Å². The number of pyridine rings is 1. The van der Waals surface area contributed by atoms with Gasteiger partial charge in [-0.25, -0.2) is 4.98 Å². The lowest BCUT2D eigenvalue weighted by molar-refractivity contribution is 0.0954. The second kappa shape index (κ2) is 10.8. The van der Waals surface area contributed by atoms with Crippen LogP contribution in [0.4, 0.5) is 0 Å². The van der Waals surface area contributed by atoms with Crippen molar-refractivity contribution >= 4 is 22.7 Å². The Morgan fingerprint density at radius 3 is 2.28 bits per heavy atom. The maximum Gasteiger partial charge on any atom is 0.252 e. The highest BCUT2D eigenvalue weighted by Crippen LogP contribution is 2.41. The van der Waals surface area contributed by atoms with Gasteiger partial charge in [0, 0.05) is 23.1 Å². The van der Waals surface area contributed by atoms with E-state index in [2.05, 4.69) is 5.32 Å². The van der Waals surface area contributed by atoms with E-state index in [9.17, 15) is 9.59 Å². The summed E-state index contributed by atoms with van der Waals surface area (Å²) in [4.78, 5) is 29.5. The Morgan fingerprint density at radius 2 is 1.61 bits per heavy atom. The number of para-hydroxylation sites is 1. The number of nitrogens with one attached hydrogen (secondary N) is 1. The zero-order valence-electron chi connectivity index (χ0n) is 20.3. The molecule has 8 heteroatoms. The average Bonchev–Trinajstić information content (AvgIpc) is 2.91. The minimum Gasteiger partial charge on any atom is -0.493 e. The molecule has 0 unspecified atom stereocenters. The number of hydrogen-bond donors (Lipinski definition) is 2. The van der Waals surface area contributed by atoms with Gasteiger partial charge in [0.15, 0.2) is 11.5 Å². The van der Waals surface area contributed by atoms with Crippen LogP contribution in [-0.4, -0.2) is 44.7 Å². The predicted molar refractivity (Wildman–Crippen MR) is 138 cm³/mol. The maximum atomic E-state index is 13.3. The van der Waals surface area contributed by atoms with Crippen LogP contribution in [0.15, 0.2) is 66.7 Å². The van der Waals surface area contributed by atoms with Gasteiger partial charge in [-0.15, -0.1) is 0 Å². The third-order valence-corrected chi connectivity index (χ3v) is 5.83. The van der Waals surface area contributed by atoms with E-state index < -0.39 is 5.91 Å². The van der Waals surface area contributed by atoms with Crippen LogP contribution in [0.3, 0.4) is 0 Å². The van der Waals surface area contributed by atoms with Gasteiger partial charge in [-0.2, -0.15) is 0 Å². The summed E-state index contributed by atoms with van der Waals surface area (Å²) < 4.78 is 16.4. The standard InChI is InChI=1S/C28H27N3O5/c1-34-24-14-19(15-25(35-2)26(24)36-3)23-16-21(20-9-4-5-10-22(20)31-23)28(33)30-12-11-17-7-6-8-18(13-17)27(29)32/h4-10,13-16H,11-12H2,1-3H3,(H2,29,32)(H,30,33). The van der Waals surface area contributed by atoms with E-state index in [1.165, 1.54) is 0 Å². The Bertz CT molecular complexity index is 1410. The number of carbonyl (C=O) groups is 2. The Kier molecular flexibility index (Phi) is 7.34. The van der Waals surface area contributed by atoms with Crippen molar-refractivity contribution in [3.8, 4) is 28.5 Å². The van der Waals surface area contributed by atoms with Gasteiger partial charge >= 0.3 is 0 Å². The summed E-state index contributed by atoms with van der Waals surface area (Å²) in [6.45, 7) is 0.386. The highest BCUT2D eigenvalue weighted by Gasteiger charge is 2.18. The molecule has 1 heterocycles. The summed E-state index contributed by atoms with van der Waals surface area (Å²) in [5, 5.41) is 3.72. The number of benzene rings is 3. The number of nitrogens with zero attached hydrogens (tertiary/aromatic N) is 1. The van der Waals surface area contributed by atoms with E-state index in [4.69, 9.17) is 24.9 Å². The molecular weight excluding hydrogens is 458 g/mol. The lowest BCUT2D eigenvalue weighted by atomic mass is 10.0. The molecule has 8 nitrogen and oxygen atoms in total. The van der Waals surface area contributed by atoms with Crippen LogP contribution in [-0.2, 0) is 6.42 Å². The van der Waals surface area contributed by atoms with Gasteiger partial charge in [-0.05, 0) is 48.4 Å². The number of hydrogen-bond acceptors (Lipinski definition) is 6. The summed E-state index contributed by atoms with van der Waals surface area (Å²) in [5.74, 6) is 0.747. The molecule has 0 aliphatic rings. The number of rotatable bonds is 9. The first kappa shape index (κ1) is 24.5. The topological polar surface area (TPSA) is 113 Å². The first-order valence-corrected chi connectivity index (χ1v) is 11.3. The van der Waals surface area contributed by atoms with Crippen molar-refractivity contribution in [3.63, 3.8) is 0 Å². The Morgan fingerprint density at radius 1 is 0.889 bits per heavy atom. The Labute approximate surface area is 209 Å². The molecule has 0 atom stereocenters. The van der Waals surface area contributed by atoms with Gasteiger partial charge in [0.25, 0.3) is 5.91 Å². The molecule has 0 aliphatic carbocycles. The molecule has 0 spiro atoms. The minimum atomic E-state index is -0.483. The monoisotopic (exact) mass is 485 g/mol. The largest absolute Gasteiger partial charge is 0.493 e. The molecule has 36 heavy (non-hydrogen) atoms. The molecule has 4 aromatic rings. The number of carbonyl (C=O) groups excluding carboxylic acids is 2. The first-order chi connectivity index (χ1) is 17.4. The van der Waals surface area contributed by atoms with Crippen molar-refractivity contribution in [2.24, 2.45) is 5.73 Å². The molecule has 0 bridgehead atoms. The lowest BCUT2D eigenvalue weighted by Crippen LogP contribution is -2.26. The molecule has 3 N–H and O–H groups in total. The molecule has 184 valence electrons. The number of primary amides is 1. The number of aromatic nitrogens is 1. The van der Waals surface area contributed by atoms with Crippen molar-refractivity contribution in [2.45, 2.75) is 6.42 Å². The summed E-state index contributed by atoms with van der Waals surface area (Å²) in [5.41, 5.74) is 9.20. The quantitative estimate of drug-likeness (QED) is 0.371. The van der Waals surface area contributed by atoms with E-state index in [-0.39, 0.29) is 5.91 Å². The molecule has 4 rings (SSSR count). The third kappa shape index (κ3) is 5.07. The van der Waals surface area contributed by atoms with Crippen LogP contribution >= 0.6 is 0 Å². The first-order valence-electron chi connectivity index (χ1n) is 11.3. The van der Waals surface area contributed by atoms with Gasteiger partial charge in [-0.3, -0.25) is 9.59 Å². The summed E-state index contributed by atoms with van der Waals surface area (Å²) in [6.07, 6.45) is 0.551. The van der Waals surface area contributed by atoms with Gasteiger partial charge in [0.1, 0.15) is 0 Å². The van der Waals surface area contributed by atoms with Crippen LogP contribution in [0.2, 0.25) is 0 Å². The Hall–Kier alpha value is -4.59. The molecule has 2 amide bonds. The van der Waals surface area contributed by atoms with E-state index in [1.54, 1.807) is 57.7 Å². The van der Waals surface area contributed by atoms with Gasteiger partial charge in [0.05, 0.1) is 38.1 Å². The molecule has 3 aromatic carbocycles. The van der Waals surface area contributed by atoms with E-state index in [0.29, 0.717) is 58.1 Å². The zero-order valence-corrected chi connectivity index (χ0v) is 20.3. The molecule has 0 saturated heterocycles. The fourth-order valence-electron chi connectivity index (χ4n) is 4.04. The number of methoxy groups -OCH3 is 3. The van der Waals surface area contributed by atoms with Gasteiger partial charge in [0.2, 0.25) is 11.7 Å². The summed E-state index contributed by atoms with van der Waals surface area (Å²) >= 11 is 0. The highest BCUT2D eigenvalue weighted by molar-refractivity contribution is 6.07. The number of nitrogens with two attached hydrogens (primary N) is 1. The minimum absolute atomic E-state index is 0.228. The number of fused-ring (bicyclic) bond motifs is 1. The highest BCUT2D eigenvalue weighted by atomic mass is 16.5. The SMILES string of the molecule is COc1cc(-c2cc(C(=O)NCCc3cccc(C(N)=O)c3)c3ccccc3n2)cc(OC)c1OC. The maximum absolute atomic E-state index is 13.3. The molecule has 0 saturated carbocycles. The number of ether oxygens (including phenoxy) is 3. The van der Waals surface area contributed by atoms with Crippen LogP contribution < -0.4 is 25.3 Å². The van der Waals surface area contributed by atoms with Crippen molar-refractivity contribution in [3.05, 3.63) is 83.4 Å². The van der Waals surface area contributed by atoms with Crippen LogP contribution in [0.1, 0.15) is 26.3 Å². The second-order valence-electron chi connectivity index (χ2n) is 8.06. The molecular formula is C28H27N3O5. The van der Waals surface area contributed by atoms with Gasteiger partial charge < -0.3 is 25.3 Å². The summed E-state index contributed by atoms with van der Waals surface area (Å²) in [7, 11) is 4.64. The smallest absolute Gasteiger partial charge is 0.252 e. The predicted octanol–water partition coefficient (Wildman–Crippen LogP) is 4.00. The van der Waals surface area contributed by atoms with E-state index in [0.717, 1.165) is 10.9 Å². The fraction of sp³-hybridized carbons (Fsp3) is 0.179. The van der Waals surface area contributed by atoms with Crippen molar-refractivity contribution in [2.75, 3.05) is 27.9 Å². The summed E-state index contributed by atoms with van der Waals surface area (Å²) in [6, 6.07) is 19.9. The molecule has 1 aromatic heterocycles. The molecule has 0 fully saturated rings. The number of amides is 2.